The first-order valence-electron chi connectivity index (χ1n) is 7.10. The van der Waals surface area contributed by atoms with Gasteiger partial charge in [0.25, 0.3) is 0 Å². The van der Waals surface area contributed by atoms with Gasteiger partial charge in [0.05, 0.1) is 0 Å². The van der Waals surface area contributed by atoms with Gasteiger partial charge in [0.1, 0.15) is 0 Å². The molecule has 0 atom stereocenters. The summed E-state index contributed by atoms with van der Waals surface area (Å²) in [6, 6.07) is 13.5. The van der Waals surface area contributed by atoms with Crippen molar-refractivity contribution in [2.24, 2.45) is 0 Å². The zero-order valence-electron chi connectivity index (χ0n) is 12.3. The molecule has 0 bridgehead atoms. The van der Waals surface area contributed by atoms with Crippen LogP contribution in [0, 0.1) is 0 Å². The van der Waals surface area contributed by atoms with Crippen molar-refractivity contribution >= 4 is 12.0 Å². The van der Waals surface area contributed by atoms with Crippen molar-refractivity contribution in [2.75, 3.05) is 0 Å². The number of carbonyl (C=O) groups is 1. The molecule has 2 heterocycles. The van der Waals surface area contributed by atoms with Gasteiger partial charge in [-0.25, -0.2) is 4.79 Å². The second-order valence-electron chi connectivity index (χ2n) is 4.91. The molecule has 1 N–H and O–H groups in total. The average molecular weight is 302 g/mol. The molecule has 0 radical (unpaired) electrons. The van der Waals surface area contributed by atoms with Gasteiger partial charge < -0.3 is 5.11 Å². The topological polar surface area (TPSA) is 63.1 Å². The highest BCUT2D eigenvalue weighted by atomic mass is 16.4. The monoisotopic (exact) mass is 302 g/mol. The fraction of sp³-hybridized carbons (Fsp3) is 0. The van der Waals surface area contributed by atoms with E-state index in [0.717, 1.165) is 33.9 Å². The maximum atomic E-state index is 11.0. The third-order valence-corrected chi connectivity index (χ3v) is 3.48. The van der Waals surface area contributed by atoms with Crippen LogP contribution >= 0.6 is 0 Å². The number of aliphatic carboxylic acids is 1. The lowest BCUT2D eigenvalue weighted by molar-refractivity contribution is -0.131. The number of pyridine rings is 2. The van der Waals surface area contributed by atoms with Gasteiger partial charge in [-0.2, -0.15) is 0 Å². The molecule has 0 aliphatic carbocycles. The molecule has 4 nitrogen and oxygen atoms in total. The molecule has 0 unspecified atom stereocenters. The summed E-state index contributed by atoms with van der Waals surface area (Å²) < 4.78 is 0. The molecular formula is C19H14N2O2. The summed E-state index contributed by atoms with van der Waals surface area (Å²) in [6.07, 6.45) is 9.68. The third-order valence-electron chi connectivity index (χ3n) is 3.48. The van der Waals surface area contributed by atoms with Gasteiger partial charge in [0, 0.05) is 30.9 Å². The fourth-order valence-corrected chi connectivity index (χ4v) is 2.47. The third kappa shape index (κ3) is 3.32. The van der Waals surface area contributed by atoms with Crippen LogP contribution in [0.25, 0.3) is 28.3 Å². The molecule has 112 valence electrons. The largest absolute Gasteiger partial charge is 0.478 e. The normalized spacial score (nSPS) is 10.8. The number of hydrogen-bond donors (Lipinski definition) is 1. The van der Waals surface area contributed by atoms with Crippen LogP contribution in [0.4, 0.5) is 0 Å². The number of carboxylic acid groups (broad SMARTS) is 1. The minimum absolute atomic E-state index is 0.854. The van der Waals surface area contributed by atoms with Crippen molar-refractivity contribution < 1.29 is 9.90 Å². The Kier molecular flexibility index (Phi) is 4.25. The van der Waals surface area contributed by atoms with Crippen LogP contribution in [-0.2, 0) is 4.79 Å². The SMILES string of the molecule is O=C(O)C=Cc1c(-c2ccncc2)cccc1-c1ccncc1. The highest BCUT2D eigenvalue weighted by Crippen LogP contribution is 2.33. The smallest absolute Gasteiger partial charge is 0.328 e. The van der Waals surface area contributed by atoms with E-state index in [1.54, 1.807) is 30.9 Å². The first kappa shape index (κ1) is 14.7. The first-order valence-corrected chi connectivity index (χ1v) is 7.10. The molecular weight excluding hydrogens is 288 g/mol. The van der Waals surface area contributed by atoms with Gasteiger partial charge in [-0.1, -0.05) is 18.2 Å². The van der Waals surface area contributed by atoms with Crippen LogP contribution in [0.3, 0.4) is 0 Å². The summed E-state index contributed by atoms with van der Waals surface area (Å²) in [5, 5.41) is 8.99. The molecule has 0 saturated carbocycles. The Labute approximate surface area is 133 Å². The zero-order valence-corrected chi connectivity index (χ0v) is 12.3. The number of benzene rings is 1. The van der Waals surface area contributed by atoms with E-state index in [9.17, 15) is 4.79 Å². The summed E-state index contributed by atoms with van der Waals surface area (Å²) in [5.41, 5.74) is 4.74. The van der Waals surface area contributed by atoms with Crippen LogP contribution in [0.2, 0.25) is 0 Å². The Hall–Kier alpha value is -3.27. The van der Waals surface area contributed by atoms with E-state index in [2.05, 4.69) is 9.97 Å². The maximum absolute atomic E-state index is 11.0. The van der Waals surface area contributed by atoms with Gasteiger partial charge in [0.15, 0.2) is 0 Å². The summed E-state index contributed by atoms with van der Waals surface area (Å²) in [6.45, 7) is 0. The van der Waals surface area contributed by atoms with E-state index in [1.165, 1.54) is 0 Å². The predicted molar refractivity (Wildman–Crippen MR) is 89.6 cm³/mol. The Morgan fingerprint density at radius 3 is 1.74 bits per heavy atom. The van der Waals surface area contributed by atoms with Crippen molar-refractivity contribution in [3.8, 4) is 22.3 Å². The van der Waals surface area contributed by atoms with Gasteiger partial charge in [0.2, 0.25) is 0 Å². The summed E-state index contributed by atoms with van der Waals surface area (Å²) in [7, 11) is 0. The van der Waals surface area contributed by atoms with Crippen LogP contribution in [0.5, 0.6) is 0 Å². The number of aromatic nitrogens is 2. The summed E-state index contributed by atoms with van der Waals surface area (Å²) >= 11 is 0. The lowest BCUT2D eigenvalue weighted by atomic mass is 9.92. The van der Waals surface area contributed by atoms with Gasteiger partial charge in [-0.15, -0.1) is 0 Å². The van der Waals surface area contributed by atoms with Crippen LogP contribution in [0.15, 0.2) is 73.3 Å². The Bertz CT molecular complexity index is 786. The van der Waals surface area contributed by atoms with Crippen LogP contribution in [-0.4, -0.2) is 21.0 Å². The highest BCUT2D eigenvalue weighted by molar-refractivity contribution is 5.92. The van der Waals surface area contributed by atoms with Gasteiger partial charge in [-0.05, 0) is 58.2 Å². The Morgan fingerprint density at radius 2 is 1.30 bits per heavy atom. The van der Waals surface area contributed by atoms with E-state index in [0.29, 0.717) is 0 Å². The molecule has 3 rings (SSSR count). The zero-order chi connectivity index (χ0) is 16.1. The Balaban J connectivity index is 2.23. The number of carboxylic acids is 1. The molecule has 0 saturated heterocycles. The minimum Gasteiger partial charge on any atom is -0.478 e. The molecule has 2 aromatic heterocycles. The van der Waals surface area contributed by atoms with Crippen LogP contribution in [0.1, 0.15) is 5.56 Å². The maximum Gasteiger partial charge on any atom is 0.328 e. The van der Waals surface area contributed by atoms with E-state index >= 15 is 0 Å². The molecule has 4 heteroatoms. The highest BCUT2D eigenvalue weighted by Gasteiger charge is 2.10. The van der Waals surface area contributed by atoms with E-state index < -0.39 is 5.97 Å². The molecule has 0 fully saturated rings. The lowest BCUT2D eigenvalue weighted by Gasteiger charge is -2.12. The molecule has 23 heavy (non-hydrogen) atoms. The molecule has 0 aliphatic rings. The molecule has 0 aliphatic heterocycles. The number of hydrogen-bond acceptors (Lipinski definition) is 3. The number of nitrogens with zero attached hydrogens (tertiary/aromatic N) is 2. The molecule has 3 aromatic rings. The first-order chi connectivity index (χ1) is 11.3. The summed E-state index contributed by atoms with van der Waals surface area (Å²) in [4.78, 5) is 19.0. The van der Waals surface area contributed by atoms with Crippen LogP contribution < -0.4 is 0 Å². The quantitative estimate of drug-likeness (QED) is 0.742. The summed E-state index contributed by atoms with van der Waals surface area (Å²) in [5.74, 6) is -0.977. The van der Waals surface area contributed by atoms with Crippen molar-refractivity contribution in [2.45, 2.75) is 0 Å². The molecule has 0 amide bonds. The average Bonchev–Trinajstić information content (AvgIpc) is 2.61. The second-order valence-corrected chi connectivity index (χ2v) is 4.91. The lowest BCUT2D eigenvalue weighted by Crippen LogP contribution is -1.92. The van der Waals surface area contributed by atoms with Crippen molar-refractivity contribution in [1.29, 1.82) is 0 Å². The van der Waals surface area contributed by atoms with E-state index in [4.69, 9.17) is 5.11 Å². The number of rotatable bonds is 4. The Morgan fingerprint density at radius 1 is 0.826 bits per heavy atom. The molecule has 0 spiro atoms. The van der Waals surface area contributed by atoms with Crippen molar-refractivity contribution in [1.82, 2.24) is 9.97 Å². The molecule has 1 aromatic carbocycles. The van der Waals surface area contributed by atoms with E-state index in [-0.39, 0.29) is 0 Å². The van der Waals surface area contributed by atoms with E-state index in [1.807, 2.05) is 42.5 Å². The fourth-order valence-electron chi connectivity index (χ4n) is 2.47. The van der Waals surface area contributed by atoms with Gasteiger partial charge in [-0.3, -0.25) is 9.97 Å². The minimum atomic E-state index is -0.977. The predicted octanol–water partition coefficient (Wildman–Crippen LogP) is 3.91. The van der Waals surface area contributed by atoms with Crippen molar-refractivity contribution in [3.05, 3.63) is 78.9 Å². The van der Waals surface area contributed by atoms with Crippen molar-refractivity contribution in [3.63, 3.8) is 0 Å². The second kappa shape index (κ2) is 6.66. The standard InChI is InChI=1S/C19H14N2O2/c22-19(23)5-4-18-16(14-6-10-20-11-7-14)2-1-3-17(18)15-8-12-21-13-9-15/h1-13H,(H,22,23). The van der Waals surface area contributed by atoms with Gasteiger partial charge >= 0.3 is 5.97 Å².